The summed E-state index contributed by atoms with van der Waals surface area (Å²) in [7, 11) is 1.79. The fraction of sp³-hybridized carbons (Fsp3) is 0.600. The van der Waals surface area contributed by atoms with E-state index < -0.39 is 5.97 Å². The van der Waals surface area contributed by atoms with Crippen LogP contribution in [0.25, 0.3) is 11.5 Å². The van der Waals surface area contributed by atoms with Gasteiger partial charge in [0, 0.05) is 13.1 Å². The van der Waals surface area contributed by atoms with Crippen molar-refractivity contribution in [2.75, 3.05) is 7.05 Å². The second-order valence-electron chi connectivity index (χ2n) is 9.40. The number of aromatic nitrogens is 2. The van der Waals surface area contributed by atoms with Crippen LogP contribution in [0.5, 0.6) is 5.75 Å². The van der Waals surface area contributed by atoms with Crippen LogP contribution in [-0.4, -0.2) is 51.4 Å². The second-order valence-corrected chi connectivity index (χ2v) is 9.40. The van der Waals surface area contributed by atoms with Crippen LogP contribution in [0.4, 0.5) is 4.79 Å². The lowest BCUT2D eigenvalue weighted by Crippen LogP contribution is -2.35. The molecule has 1 N–H and O–H groups in total. The van der Waals surface area contributed by atoms with E-state index in [1.165, 1.54) is 0 Å². The molecule has 2 aromatic heterocycles. The molecule has 34 heavy (non-hydrogen) atoms. The zero-order chi connectivity index (χ0) is 24.2. The van der Waals surface area contributed by atoms with Gasteiger partial charge in [-0.2, -0.15) is 0 Å². The predicted molar refractivity (Wildman–Crippen MR) is 123 cm³/mol. The quantitative estimate of drug-likeness (QED) is 0.607. The van der Waals surface area contributed by atoms with Crippen molar-refractivity contribution in [3.05, 3.63) is 29.1 Å². The highest BCUT2D eigenvalue weighted by Gasteiger charge is 2.29. The van der Waals surface area contributed by atoms with Crippen molar-refractivity contribution in [2.24, 2.45) is 5.92 Å². The highest BCUT2D eigenvalue weighted by atomic mass is 16.6. The molecule has 0 saturated heterocycles. The van der Waals surface area contributed by atoms with Crippen LogP contribution in [0.1, 0.15) is 68.3 Å². The summed E-state index contributed by atoms with van der Waals surface area (Å²) < 4.78 is 17.2. The number of hydrogen-bond acceptors (Lipinski definition) is 7. The van der Waals surface area contributed by atoms with Gasteiger partial charge in [-0.15, -0.1) is 0 Å². The Morgan fingerprint density at radius 3 is 2.59 bits per heavy atom. The van der Waals surface area contributed by atoms with E-state index in [0.29, 0.717) is 47.0 Å². The molecule has 0 unspecified atom stereocenters. The summed E-state index contributed by atoms with van der Waals surface area (Å²) in [6.45, 7) is 3.71. The predicted octanol–water partition coefficient (Wildman–Crippen LogP) is 4.89. The second kappa shape index (κ2) is 10.4. The topological polar surface area (TPSA) is 115 Å². The average molecular weight is 472 g/mol. The molecular weight excluding hydrogens is 438 g/mol. The third kappa shape index (κ3) is 5.34. The Hall–Kier alpha value is -3.10. The summed E-state index contributed by atoms with van der Waals surface area (Å²) >= 11 is 0. The zero-order valence-electron chi connectivity index (χ0n) is 20.1. The summed E-state index contributed by atoms with van der Waals surface area (Å²) in [5.41, 5.74) is 2.58. The van der Waals surface area contributed by atoms with E-state index >= 15 is 0 Å². The number of carbonyl (C=O) groups excluding carboxylic acids is 1. The Kier molecular flexibility index (Phi) is 7.38. The number of aryl methyl sites for hydroxylation is 2. The molecular formula is C25H33N3O6. The number of rotatable bonds is 7. The lowest BCUT2D eigenvalue weighted by Gasteiger charge is -2.27. The van der Waals surface area contributed by atoms with Crippen molar-refractivity contribution in [1.82, 2.24) is 15.0 Å². The molecule has 2 fully saturated rings. The maximum absolute atomic E-state index is 12.5. The third-order valence-electron chi connectivity index (χ3n) is 7.02. The van der Waals surface area contributed by atoms with Crippen LogP contribution in [0.3, 0.4) is 0 Å². The fourth-order valence-corrected chi connectivity index (χ4v) is 4.89. The first-order valence-corrected chi connectivity index (χ1v) is 12.1. The average Bonchev–Trinajstić information content (AvgIpc) is 3.48. The van der Waals surface area contributed by atoms with Crippen LogP contribution in [0.15, 0.2) is 16.7 Å². The highest BCUT2D eigenvalue weighted by molar-refractivity contribution is 5.70. The molecule has 2 aromatic rings. The summed E-state index contributed by atoms with van der Waals surface area (Å²) in [6.07, 6.45) is 6.68. The van der Waals surface area contributed by atoms with Crippen LogP contribution >= 0.6 is 0 Å². The standard InChI is InChI=1S/C25H33N3O6/c1-15-20(14-32-25(31)28(3)18-8-4-5-9-18)23(34-27-15)21-11-12-22(16(2)26-21)33-19-10-6-7-17(13-19)24(29)30/h11-12,17-19H,4-10,13-14H2,1-3H3,(H,29,30)/t17-,19+/m1/s1. The number of carboxylic acid groups (broad SMARTS) is 1. The Morgan fingerprint density at radius 2 is 1.88 bits per heavy atom. The van der Waals surface area contributed by atoms with Gasteiger partial charge in [0.05, 0.1) is 29.0 Å². The van der Waals surface area contributed by atoms with Crippen molar-refractivity contribution in [3.8, 4) is 17.2 Å². The number of ether oxygens (including phenoxy) is 2. The zero-order valence-corrected chi connectivity index (χ0v) is 20.1. The normalized spacial score (nSPS) is 20.8. The van der Waals surface area contributed by atoms with Gasteiger partial charge in [-0.3, -0.25) is 4.79 Å². The van der Waals surface area contributed by atoms with Crippen molar-refractivity contribution in [1.29, 1.82) is 0 Å². The maximum Gasteiger partial charge on any atom is 0.410 e. The van der Waals surface area contributed by atoms with Gasteiger partial charge < -0.3 is 24.0 Å². The first-order chi connectivity index (χ1) is 16.3. The lowest BCUT2D eigenvalue weighted by molar-refractivity contribution is -0.143. The van der Waals surface area contributed by atoms with Gasteiger partial charge in [-0.1, -0.05) is 18.0 Å². The van der Waals surface area contributed by atoms with E-state index in [1.54, 1.807) is 18.0 Å². The van der Waals surface area contributed by atoms with Gasteiger partial charge in [-0.05, 0) is 64.5 Å². The van der Waals surface area contributed by atoms with Crippen molar-refractivity contribution in [2.45, 2.75) is 84.0 Å². The van der Waals surface area contributed by atoms with Gasteiger partial charge in [0.15, 0.2) is 5.76 Å². The molecule has 1 amide bonds. The molecule has 0 bridgehead atoms. The number of amides is 1. The SMILES string of the molecule is Cc1nc(-c2onc(C)c2COC(=O)N(C)C2CCCC2)ccc1O[C@H]1CCC[C@@H](C(=O)O)C1. The maximum atomic E-state index is 12.5. The first-order valence-electron chi connectivity index (χ1n) is 12.1. The number of nitrogens with zero attached hydrogens (tertiary/aromatic N) is 3. The van der Waals surface area contributed by atoms with Crippen molar-refractivity contribution in [3.63, 3.8) is 0 Å². The van der Waals surface area contributed by atoms with E-state index in [2.05, 4.69) is 10.1 Å². The van der Waals surface area contributed by atoms with E-state index in [0.717, 1.165) is 38.5 Å². The first kappa shape index (κ1) is 24.0. The molecule has 0 spiro atoms. The minimum Gasteiger partial charge on any atom is -0.489 e. The van der Waals surface area contributed by atoms with E-state index in [-0.39, 0.29) is 30.8 Å². The lowest BCUT2D eigenvalue weighted by atomic mass is 9.87. The van der Waals surface area contributed by atoms with Crippen molar-refractivity contribution >= 4 is 12.1 Å². The van der Waals surface area contributed by atoms with Crippen LogP contribution in [0, 0.1) is 19.8 Å². The smallest absolute Gasteiger partial charge is 0.410 e. The minimum absolute atomic E-state index is 0.0538. The number of aliphatic carboxylic acids is 1. The van der Waals surface area contributed by atoms with Crippen molar-refractivity contribution < 1.29 is 28.7 Å². The van der Waals surface area contributed by atoms with E-state index in [1.807, 2.05) is 19.9 Å². The summed E-state index contributed by atoms with van der Waals surface area (Å²) in [5, 5.41) is 13.4. The largest absolute Gasteiger partial charge is 0.489 e. The minimum atomic E-state index is -0.762. The Bertz CT molecular complexity index is 1030. The molecule has 184 valence electrons. The van der Waals surface area contributed by atoms with Gasteiger partial charge >= 0.3 is 12.1 Å². The van der Waals surface area contributed by atoms with Crippen LogP contribution in [0.2, 0.25) is 0 Å². The molecule has 4 rings (SSSR count). The van der Waals surface area contributed by atoms with E-state index in [4.69, 9.17) is 14.0 Å². The number of hydrogen-bond donors (Lipinski definition) is 1. The van der Waals surface area contributed by atoms with Gasteiger partial charge in [-0.25, -0.2) is 9.78 Å². The Morgan fingerprint density at radius 1 is 1.12 bits per heavy atom. The molecule has 2 atom stereocenters. The molecule has 9 heteroatoms. The molecule has 9 nitrogen and oxygen atoms in total. The molecule has 0 aromatic carbocycles. The van der Waals surface area contributed by atoms with Crippen LogP contribution in [-0.2, 0) is 16.1 Å². The van der Waals surface area contributed by atoms with E-state index in [9.17, 15) is 14.7 Å². The Labute approximate surface area is 199 Å². The number of pyridine rings is 1. The Balaban J connectivity index is 1.43. The fourth-order valence-electron chi connectivity index (χ4n) is 4.89. The molecule has 0 aliphatic heterocycles. The number of carboxylic acids is 1. The molecule has 0 radical (unpaired) electrons. The monoisotopic (exact) mass is 471 g/mol. The number of carbonyl (C=O) groups is 2. The summed E-state index contributed by atoms with van der Waals surface area (Å²) in [4.78, 5) is 30.2. The summed E-state index contributed by atoms with van der Waals surface area (Å²) in [6, 6.07) is 3.85. The van der Waals surface area contributed by atoms with Gasteiger partial charge in [0.1, 0.15) is 18.1 Å². The summed E-state index contributed by atoms with van der Waals surface area (Å²) in [5.74, 6) is -0.0300. The molecule has 2 aliphatic rings. The van der Waals surface area contributed by atoms with Crippen LogP contribution < -0.4 is 4.74 Å². The molecule has 2 aliphatic carbocycles. The molecule has 2 saturated carbocycles. The molecule has 2 heterocycles. The van der Waals surface area contributed by atoms with Gasteiger partial charge in [0.2, 0.25) is 0 Å². The third-order valence-corrected chi connectivity index (χ3v) is 7.02. The highest BCUT2D eigenvalue weighted by Crippen LogP contribution is 2.32. The van der Waals surface area contributed by atoms with Gasteiger partial charge in [0.25, 0.3) is 0 Å².